The van der Waals surface area contributed by atoms with Gasteiger partial charge in [-0.2, -0.15) is 0 Å². The lowest BCUT2D eigenvalue weighted by molar-refractivity contribution is -0.122. The topological polar surface area (TPSA) is 137 Å². The molecule has 2 aromatic rings. The maximum atomic E-state index is 12.6. The number of rotatable bonds is 12. The Balaban J connectivity index is 1.46. The molecule has 0 saturated heterocycles. The summed E-state index contributed by atoms with van der Waals surface area (Å²) in [7, 11) is 0. The number of nitrogens with two attached hydrogens (primary N) is 2. The minimum absolute atomic E-state index is 0.0885. The fourth-order valence-electron chi connectivity index (χ4n) is 4.42. The van der Waals surface area contributed by atoms with Crippen LogP contribution in [0, 0.1) is 5.92 Å². The molecule has 3 amide bonds. The Morgan fingerprint density at radius 1 is 1.00 bits per heavy atom. The number of carbonyl (C=O) groups is 3. The molecule has 3 rings (SSSR count). The molecule has 2 aromatic carbocycles. The van der Waals surface area contributed by atoms with Gasteiger partial charge < -0.3 is 26.8 Å². The first-order valence-electron chi connectivity index (χ1n) is 12.2. The first-order chi connectivity index (χ1) is 16.4. The second-order valence-electron chi connectivity index (χ2n) is 9.04. The van der Waals surface area contributed by atoms with Crippen LogP contribution in [-0.4, -0.2) is 43.5 Å². The maximum Gasteiger partial charge on any atom is 0.255 e. The number of fused-ring (bicyclic) bond motifs is 1. The Morgan fingerprint density at radius 3 is 2.41 bits per heavy atom. The molecule has 1 fully saturated rings. The van der Waals surface area contributed by atoms with Crippen molar-refractivity contribution in [3.05, 3.63) is 42.0 Å². The Kier molecular flexibility index (Phi) is 9.70. The van der Waals surface area contributed by atoms with Crippen LogP contribution in [0.15, 0.2) is 36.4 Å². The predicted octanol–water partition coefficient (Wildman–Crippen LogP) is 2.63. The summed E-state index contributed by atoms with van der Waals surface area (Å²) in [6, 6.07) is 10.8. The van der Waals surface area contributed by atoms with Crippen molar-refractivity contribution in [2.75, 3.05) is 19.7 Å². The van der Waals surface area contributed by atoms with Gasteiger partial charge in [0, 0.05) is 6.54 Å². The van der Waals surface area contributed by atoms with Crippen molar-refractivity contribution in [3.8, 4) is 5.75 Å². The summed E-state index contributed by atoms with van der Waals surface area (Å²) in [4.78, 5) is 35.9. The van der Waals surface area contributed by atoms with Gasteiger partial charge in [0.15, 0.2) is 0 Å². The highest BCUT2D eigenvalue weighted by molar-refractivity contribution is 6.02. The van der Waals surface area contributed by atoms with Gasteiger partial charge in [-0.25, -0.2) is 0 Å². The molecule has 1 aliphatic rings. The molecule has 1 aliphatic carbocycles. The fourth-order valence-corrected chi connectivity index (χ4v) is 4.42. The first kappa shape index (κ1) is 25.5. The molecule has 6 N–H and O–H groups in total. The summed E-state index contributed by atoms with van der Waals surface area (Å²) in [5.41, 5.74) is 11.6. The van der Waals surface area contributed by atoms with Crippen LogP contribution < -0.4 is 26.8 Å². The van der Waals surface area contributed by atoms with E-state index in [1.54, 1.807) is 6.07 Å². The van der Waals surface area contributed by atoms with Crippen molar-refractivity contribution in [3.63, 3.8) is 0 Å². The molecule has 1 unspecified atom stereocenters. The van der Waals surface area contributed by atoms with Crippen molar-refractivity contribution < 1.29 is 19.1 Å². The molecule has 0 radical (unpaired) electrons. The average molecular weight is 469 g/mol. The summed E-state index contributed by atoms with van der Waals surface area (Å²) in [6.07, 6.45) is 8.32. The molecule has 8 heteroatoms. The number of primary amides is 1. The molecule has 0 aliphatic heterocycles. The number of unbranched alkanes of at least 4 members (excludes halogenated alkanes) is 1. The van der Waals surface area contributed by atoms with Crippen LogP contribution in [0.3, 0.4) is 0 Å². The second-order valence-corrected chi connectivity index (χ2v) is 9.04. The van der Waals surface area contributed by atoms with Crippen LogP contribution in [0.5, 0.6) is 5.75 Å². The van der Waals surface area contributed by atoms with E-state index in [1.807, 2.05) is 30.3 Å². The summed E-state index contributed by atoms with van der Waals surface area (Å²) in [6.45, 7) is 0.677. The fraction of sp³-hybridized carbons (Fsp3) is 0.500. The van der Waals surface area contributed by atoms with Gasteiger partial charge in [0.1, 0.15) is 5.75 Å². The summed E-state index contributed by atoms with van der Waals surface area (Å²) >= 11 is 0. The van der Waals surface area contributed by atoms with Crippen molar-refractivity contribution in [1.29, 1.82) is 0 Å². The lowest BCUT2D eigenvalue weighted by Gasteiger charge is -2.24. The van der Waals surface area contributed by atoms with Gasteiger partial charge in [-0.05, 0) is 48.1 Å². The Bertz CT molecular complexity index is 988. The molecule has 0 heterocycles. The van der Waals surface area contributed by atoms with Gasteiger partial charge in [-0.3, -0.25) is 14.4 Å². The zero-order valence-electron chi connectivity index (χ0n) is 19.7. The number of hydrogen-bond donors (Lipinski definition) is 4. The standard InChI is InChI=1S/C26H36N4O4/c27-22(14-18-8-2-1-3-9-18)26(33)29-12-6-7-13-34-23-16-20-11-5-4-10-19(20)15-21(23)25(32)30-17-24(28)31/h4-5,10-11,15-16,18,22H,1-3,6-9,12-14,17,27H2,(H2,28,31)(H,29,33)(H,30,32). The van der Waals surface area contributed by atoms with Crippen LogP contribution in [0.2, 0.25) is 0 Å². The lowest BCUT2D eigenvalue weighted by atomic mass is 9.85. The number of nitrogens with one attached hydrogen (secondary N) is 2. The molecule has 8 nitrogen and oxygen atoms in total. The third kappa shape index (κ3) is 7.73. The zero-order valence-corrected chi connectivity index (χ0v) is 19.7. The van der Waals surface area contributed by atoms with E-state index in [1.165, 1.54) is 32.1 Å². The molecule has 1 atom stereocenters. The SMILES string of the molecule is NC(=O)CNC(=O)c1cc2ccccc2cc1OCCCCNC(=O)C(N)CC1CCCCC1. The van der Waals surface area contributed by atoms with Gasteiger partial charge >= 0.3 is 0 Å². The Morgan fingerprint density at radius 2 is 1.71 bits per heavy atom. The molecule has 34 heavy (non-hydrogen) atoms. The highest BCUT2D eigenvalue weighted by Gasteiger charge is 2.21. The van der Waals surface area contributed by atoms with Crippen molar-refractivity contribution in [2.24, 2.45) is 17.4 Å². The minimum Gasteiger partial charge on any atom is -0.493 e. The van der Waals surface area contributed by atoms with E-state index in [0.29, 0.717) is 36.8 Å². The van der Waals surface area contributed by atoms with E-state index in [0.717, 1.165) is 23.6 Å². The van der Waals surface area contributed by atoms with E-state index in [9.17, 15) is 14.4 Å². The van der Waals surface area contributed by atoms with Crippen LogP contribution in [0.25, 0.3) is 10.8 Å². The monoisotopic (exact) mass is 468 g/mol. The maximum absolute atomic E-state index is 12.6. The number of benzene rings is 2. The molecular weight excluding hydrogens is 432 g/mol. The largest absolute Gasteiger partial charge is 0.493 e. The van der Waals surface area contributed by atoms with Gasteiger partial charge in [0.05, 0.1) is 24.8 Å². The number of amides is 3. The number of ether oxygens (including phenoxy) is 1. The second kappa shape index (κ2) is 12.9. The molecule has 0 spiro atoms. The Hall–Kier alpha value is -3.13. The third-order valence-electron chi connectivity index (χ3n) is 6.29. The number of hydrogen-bond acceptors (Lipinski definition) is 5. The van der Waals surface area contributed by atoms with Gasteiger partial charge in [-0.15, -0.1) is 0 Å². The molecule has 184 valence electrons. The van der Waals surface area contributed by atoms with E-state index >= 15 is 0 Å². The van der Waals surface area contributed by atoms with E-state index in [2.05, 4.69) is 10.6 Å². The van der Waals surface area contributed by atoms with Crippen molar-refractivity contribution in [2.45, 2.75) is 57.4 Å². The number of carbonyl (C=O) groups excluding carboxylic acids is 3. The highest BCUT2D eigenvalue weighted by atomic mass is 16.5. The summed E-state index contributed by atoms with van der Waals surface area (Å²) in [5, 5.41) is 7.28. The minimum atomic E-state index is -0.614. The predicted molar refractivity (Wildman–Crippen MR) is 132 cm³/mol. The normalized spacial score (nSPS) is 15.0. The Labute approximate surface area is 200 Å². The smallest absolute Gasteiger partial charge is 0.255 e. The van der Waals surface area contributed by atoms with Crippen LogP contribution in [-0.2, 0) is 9.59 Å². The van der Waals surface area contributed by atoms with Crippen LogP contribution in [0.4, 0.5) is 0 Å². The molecule has 0 bridgehead atoms. The van der Waals surface area contributed by atoms with Gasteiger partial charge in [-0.1, -0.05) is 56.4 Å². The first-order valence-corrected chi connectivity index (χ1v) is 12.2. The molecule has 1 saturated carbocycles. The molecular formula is C26H36N4O4. The lowest BCUT2D eigenvalue weighted by Crippen LogP contribution is -2.42. The zero-order chi connectivity index (χ0) is 24.3. The van der Waals surface area contributed by atoms with Gasteiger partial charge in [0.25, 0.3) is 5.91 Å². The van der Waals surface area contributed by atoms with E-state index < -0.39 is 17.9 Å². The highest BCUT2D eigenvalue weighted by Crippen LogP contribution is 2.27. The van der Waals surface area contributed by atoms with E-state index in [4.69, 9.17) is 16.2 Å². The van der Waals surface area contributed by atoms with E-state index in [-0.39, 0.29) is 12.5 Å². The molecule has 0 aromatic heterocycles. The average Bonchev–Trinajstić information content (AvgIpc) is 2.84. The van der Waals surface area contributed by atoms with Crippen molar-refractivity contribution in [1.82, 2.24) is 10.6 Å². The van der Waals surface area contributed by atoms with Gasteiger partial charge in [0.2, 0.25) is 11.8 Å². The van der Waals surface area contributed by atoms with Crippen LogP contribution >= 0.6 is 0 Å². The van der Waals surface area contributed by atoms with Crippen molar-refractivity contribution >= 4 is 28.5 Å². The third-order valence-corrected chi connectivity index (χ3v) is 6.29. The summed E-state index contributed by atoms with van der Waals surface area (Å²) < 4.78 is 5.91. The summed E-state index contributed by atoms with van der Waals surface area (Å²) in [5.74, 6) is -0.108. The van der Waals surface area contributed by atoms with Crippen LogP contribution in [0.1, 0.15) is 61.7 Å². The quantitative estimate of drug-likeness (QED) is 0.355.